The number of anilines is 1. The smallest absolute Gasteiger partial charge is 0.225 e. The molecule has 3 heterocycles. The molecule has 1 amide bonds. The van der Waals surface area contributed by atoms with Crippen LogP contribution in [0, 0.1) is 25.7 Å². The normalized spacial score (nSPS) is 15.9. The first kappa shape index (κ1) is 22.2. The molecule has 1 atom stereocenters. The Morgan fingerprint density at radius 3 is 2.60 bits per heavy atom. The van der Waals surface area contributed by atoms with Crippen LogP contribution in [0.25, 0.3) is 0 Å². The molecule has 3 rings (SSSR count). The quantitative estimate of drug-likeness (QED) is 0.512. The minimum atomic E-state index is -0.341. The Morgan fingerprint density at radius 1 is 1.30 bits per heavy atom. The van der Waals surface area contributed by atoms with E-state index in [1.807, 2.05) is 11.8 Å². The second-order valence-corrected chi connectivity index (χ2v) is 8.53. The highest BCUT2D eigenvalue weighted by molar-refractivity contribution is 6.30. The molecular weight excluding hydrogens is 404 g/mol. The zero-order chi connectivity index (χ0) is 21.8. The van der Waals surface area contributed by atoms with E-state index >= 15 is 0 Å². The van der Waals surface area contributed by atoms with Crippen molar-refractivity contribution in [1.29, 1.82) is 0 Å². The molecule has 1 fully saturated rings. The third-order valence-electron chi connectivity index (χ3n) is 5.87. The third-order valence-corrected chi connectivity index (χ3v) is 6.19. The standard InChI is InChI=1S/C21H29ClN6O2/c1-12(10-18(29)17-11-24-27-13(17)2)21(30)28-8-6-15(7-9-28)4-5-16-19(22)25-14(3)26-20(16)23/h11-12,15H,4-10H2,1-3H3,(H,24,27)(H2,23,25,26)/t12-/m1/s1. The summed E-state index contributed by atoms with van der Waals surface area (Å²) in [6, 6.07) is 0. The van der Waals surface area contributed by atoms with E-state index in [4.69, 9.17) is 17.3 Å². The van der Waals surface area contributed by atoms with Gasteiger partial charge in [0, 0.05) is 36.7 Å². The summed E-state index contributed by atoms with van der Waals surface area (Å²) in [6.07, 6.45) is 5.25. The number of nitrogens with one attached hydrogen (secondary N) is 1. The lowest BCUT2D eigenvalue weighted by molar-refractivity contribution is -0.136. The maximum Gasteiger partial charge on any atom is 0.225 e. The number of likely N-dealkylation sites (tertiary alicyclic amines) is 1. The van der Waals surface area contributed by atoms with Gasteiger partial charge in [-0.1, -0.05) is 18.5 Å². The summed E-state index contributed by atoms with van der Waals surface area (Å²) in [5.74, 6) is 1.17. The number of Topliss-reactive ketones (excluding diaryl/α,β-unsaturated/α-hetero) is 1. The molecule has 1 aliphatic rings. The Balaban J connectivity index is 1.47. The van der Waals surface area contributed by atoms with Crippen molar-refractivity contribution in [1.82, 2.24) is 25.1 Å². The van der Waals surface area contributed by atoms with Gasteiger partial charge >= 0.3 is 0 Å². The topological polar surface area (TPSA) is 118 Å². The van der Waals surface area contributed by atoms with Crippen LogP contribution in [0.1, 0.15) is 60.0 Å². The SMILES string of the molecule is Cc1nc(N)c(CCC2CCN(C(=O)[C@H](C)CC(=O)c3cn[nH]c3C)CC2)c(Cl)n1. The lowest BCUT2D eigenvalue weighted by atomic mass is 9.90. The van der Waals surface area contributed by atoms with Gasteiger partial charge in [-0.25, -0.2) is 9.97 Å². The van der Waals surface area contributed by atoms with E-state index in [0.717, 1.165) is 36.9 Å². The van der Waals surface area contributed by atoms with E-state index in [9.17, 15) is 9.59 Å². The van der Waals surface area contributed by atoms with E-state index < -0.39 is 0 Å². The van der Waals surface area contributed by atoms with Gasteiger partial charge < -0.3 is 10.6 Å². The molecule has 162 valence electrons. The van der Waals surface area contributed by atoms with Crippen LogP contribution in [-0.2, 0) is 11.2 Å². The Labute approximate surface area is 181 Å². The molecule has 9 heteroatoms. The van der Waals surface area contributed by atoms with E-state index in [1.165, 1.54) is 6.20 Å². The number of carbonyl (C=O) groups excluding carboxylic acids is 2. The lowest BCUT2D eigenvalue weighted by Crippen LogP contribution is -2.41. The maximum absolute atomic E-state index is 12.8. The van der Waals surface area contributed by atoms with Crippen molar-refractivity contribution in [2.75, 3.05) is 18.8 Å². The number of ketones is 1. The minimum absolute atomic E-state index is 0.0437. The largest absolute Gasteiger partial charge is 0.383 e. The average molecular weight is 433 g/mol. The summed E-state index contributed by atoms with van der Waals surface area (Å²) in [6.45, 7) is 6.81. The van der Waals surface area contributed by atoms with Crippen LogP contribution in [0.4, 0.5) is 5.82 Å². The fourth-order valence-electron chi connectivity index (χ4n) is 4.02. The van der Waals surface area contributed by atoms with E-state index in [1.54, 1.807) is 13.8 Å². The maximum atomic E-state index is 12.8. The van der Waals surface area contributed by atoms with Crippen molar-refractivity contribution in [2.24, 2.45) is 11.8 Å². The van der Waals surface area contributed by atoms with Crippen molar-refractivity contribution in [3.8, 4) is 0 Å². The number of halogens is 1. The number of nitrogen functional groups attached to an aromatic ring is 1. The van der Waals surface area contributed by atoms with Gasteiger partial charge in [0.2, 0.25) is 5.91 Å². The summed E-state index contributed by atoms with van der Waals surface area (Å²) in [5, 5.41) is 7.08. The van der Waals surface area contributed by atoms with Crippen LogP contribution in [0.3, 0.4) is 0 Å². The monoisotopic (exact) mass is 432 g/mol. The summed E-state index contributed by atoms with van der Waals surface area (Å²) in [7, 11) is 0. The van der Waals surface area contributed by atoms with E-state index in [0.29, 0.717) is 41.4 Å². The van der Waals surface area contributed by atoms with Crippen LogP contribution < -0.4 is 5.73 Å². The number of nitrogens with two attached hydrogens (primary N) is 1. The predicted molar refractivity (Wildman–Crippen MR) is 115 cm³/mol. The van der Waals surface area contributed by atoms with Gasteiger partial charge in [0.1, 0.15) is 16.8 Å². The highest BCUT2D eigenvalue weighted by Crippen LogP contribution is 2.27. The number of hydrogen-bond donors (Lipinski definition) is 2. The molecule has 2 aromatic rings. The van der Waals surface area contributed by atoms with Gasteiger partial charge in [0.05, 0.1) is 11.8 Å². The molecular formula is C21H29ClN6O2. The van der Waals surface area contributed by atoms with Crippen LogP contribution in [0.5, 0.6) is 0 Å². The van der Waals surface area contributed by atoms with Gasteiger partial charge in [-0.05, 0) is 45.4 Å². The second-order valence-electron chi connectivity index (χ2n) is 8.17. The summed E-state index contributed by atoms with van der Waals surface area (Å²) < 4.78 is 0. The summed E-state index contributed by atoms with van der Waals surface area (Å²) >= 11 is 6.22. The zero-order valence-corrected chi connectivity index (χ0v) is 18.5. The Morgan fingerprint density at radius 2 is 2.00 bits per heavy atom. The predicted octanol–water partition coefficient (Wildman–Crippen LogP) is 3.13. The van der Waals surface area contributed by atoms with Crippen molar-refractivity contribution in [3.05, 3.63) is 34.0 Å². The second kappa shape index (κ2) is 9.55. The fraction of sp³-hybridized carbons (Fsp3) is 0.571. The molecule has 1 saturated heterocycles. The number of carbonyl (C=O) groups is 2. The number of aryl methyl sites for hydroxylation is 2. The number of nitrogens with zero attached hydrogens (tertiary/aromatic N) is 4. The molecule has 0 aliphatic carbocycles. The Kier molecular flexibility index (Phi) is 7.07. The molecule has 0 aromatic carbocycles. The van der Waals surface area contributed by atoms with Gasteiger partial charge in [-0.2, -0.15) is 5.10 Å². The van der Waals surface area contributed by atoms with Crippen molar-refractivity contribution >= 4 is 29.1 Å². The van der Waals surface area contributed by atoms with Gasteiger partial charge in [0.15, 0.2) is 5.78 Å². The van der Waals surface area contributed by atoms with Crippen LogP contribution in [-0.4, -0.2) is 49.8 Å². The summed E-state index contributed by atoms with van der Waals surface area (Å²) in [4.78, 5) is 35.5. The Hall–Kier alpha value is -2.48. The molecule has 30 heavy (non-hydrogen) atoms. The lowest BCUT2D eigenvalue weighted by Gasteiger charge is -2.33. The third kappa shape index (κ3) is 5.16. The van der Waals surface area contributed by atoms with Gasteiger partial charge in [-0.15, -0.1) is 0 Å². The molecule has 8 nitrogen and oxygen atoms in total. The van der Waals surface area contributed by atoms with Crippen molar-refractivity contribution < 1.29 is 9.59 Å². The molecule has 0 saturated carbocycles. The Bertz CT molecular complexity index is 897. The first-order valence-corrected chi connectivity index (χ1v) is 10.7. The molecule has 0 unspecified atom stereocenters. The fourth-order valence-corrected chi connectivity index (χ4v) is 4.34. The van der Waals surface area contributed by atoms with E-state index in [2.05, 4.69) is 20.2 Å². The number of piperidine rings is 1. The molecule has 0 spiro atoms. The number of amides is 1. The van der Waals surface area contributed by atoms with Crippen LogP contribution in [0.15, 0.2) is 6.20 Å². The number of hydrogen-bond acceptors (Lipinski definition) is 6. The number of H-pyrrole nitrogens is 1. The number of aromatic nitrogens is 4. The molecule has 2 aromatic heterocycles. The zero-order valence-electron chi connectivity index (χ0n) is 17.7. The van der Waals surface area contributed by atoms with Crippen LogP contribution >= 0.6 is 11.6 Å². The molecule has 1 aliphatic heterocycles. The first-order chi connectivity index (χ1) is 14.3. The highest BCUT2D eigenvalue weighted by Gasteiger charge is 2.28. The van der Waals surface area contributed by atoms with Crippen molar-refractivity contribution in [2.45, 2.75) is 52.9 Å². The number of rotatable bonds is 7. The van der Waals surface area contributed by atoms with Crippen LogP contribution in [0.2, 0.25) is 5.15 Å². The highest BCUT2D eigenvalue weighted by atomic mass is 35.5. The van der Waals surface area contributed by atoms with Gasteiger partial charge in [-0.3, -0.25) is 14.7 Å². The van der Waals surface area contributed by atoms with E-state index in [-0.39, 0.29) is 24.0 Å². The molecule has 3 N–H and O–H groups in total. The summed E-state index contributed by atoms with van der Waals surface area (Å²) in [5.41, 5.74) is 8.10. The van der Waals surface area contributed by atoms with Gasteiger partial charge in [0.25, 0.3) is 0 Å². The molecule has 0 radical (unpaired) electrons. The average Bonchev–Trinajstić information content (AvgIpc) is 3.13. The molecule has 0 bridgehead atoms. The van der Waals surface area contributed by atoms with Crippen molar-refractivity contribution in [3.63, 3.8) is 0 Å². The number of aromatic amines is 1. The first-order valence-electron chi connectivity index (χ1n) is 10.4. The minimum Gasteiger partial charge on any atom is -0.383 e.